The van der Waals surface area contributed by atoms with E-state index in [1.54, 1.807) is 37.4 Å². The van der Waals surface area contributed by atoms with Crippen LogP contribution in [0.25, 0.3) is 0 Å². The highest BCUT2D eigenvalue weighted by atomic mass is 16.6. The molecule has 3 aromatic carbocycles. The predicted octanol–water partition coefficient (Wildman–Crippen LogP) is 4.47. The highest BCUT2D eigenvalue weighted by molar-refractivity contribution is 6.16. The molecule has 0 N–H and O–H groups in total. The van der Waals surface area contributed by atoms with Gasteiger partial charge in [-0.3, -0.25) is 14.5 Å². The molecule has 162 valence electrons. The Hall–Kier alpha value is -3.93. The average Bonchev–Trinajstić information content (AvgIpc) is 2.83. The number of methoxy groups -OCH3 is 1. The van der Waals surface area contributed by atoms with Crippen molar-refractivity contribution < 1.29 is 19.2 Å². The Bertz CT molecular complexity index is 1140. The van der Waals surface area contributed by atoms with Gasteiger partial charge in [0.2, 0.25) is 5.91 Å². The molecule has 1 heterocycles. The highest BCUT2D eigenvalue weighted by Gasteiger charge is 2.37. The number of carbonyl (C=O) groups is 2. The van der Waals surface area contributed by atoms with Crippen molar-refractivity contribution in [2.45, 2.75) is 26.0 Å². The molecule has 0 bridgehead atoms. The van der Waals surface area contributed by atoms with Gasteiger partial charge in [0.15, 0.2) is 0 Å². The monoisotopic (exact) mass is 428 g/mol. The van der Waals surface area contributed by atoms with Gasteiger partial charge < -0.3 is 9.57 Å². The van der Waals surface area contributed by atoms with Gasteiger partial charge in [-0.2, -0.15) is 0 Å². The van der Waals surface area contributed by atoms with Gasteiger partial charge in [0, 0.05) is 5.56 Å². The van der Waals surface area contributed by atoms with E-state index in [1.165, 1.54) is 16.7 Å². The number of rotatable bonds is 7. The fourth-order valence-corrected chi connectivity index (χ4v) is 3.62. The summed E-state index contributed by atoms with van der Waals surface area (Å²) in [6.45, 7) is 2.49. The van der Waals surface area contributed by atoms with Crippen LogP contribution in [0.1, 0.15) is 38.5 Å². The zero-order valence-corrected chi connectivity index (χ0v) is 18.0. The average molecular weight is 428 g/mol. The Morgan fingerprint density at radius 1 is 0.938 bits per heavy atom. The van der Waals surface area contributed by atoms with E-state index in [0.717, 1.165) is 11.1 Å². The lowest BCUT2D eigenvalue weighted by Crippen LogP contribution is -2.44. The number of benzene rings is 3. The second kappa shape index (κ2) is 9.47. The van der Waals surface area contributed by atoms with E-state index >= 15 is 0 Å². The second-order valence-corrected chi connectivity index (χ2v) is 7.66. The summed E-state index contributed by atoms with van der Waals surface area (Å²) in [4.78, 5) is 33.0. The van der Waals surface area contributed by atoms with Crippen molar-refractivity contribution in [1.29, 1.82) is 0 Å². The first-order valence-electron chi connectivity index (χ1n) is 10.4. The normalized spacial score (nSPS) is 15.7. The van der Waals surface area contributed by atoms with Gasteiger partial charge in [0.05, 0.1) is 19.9 Å². The molecule has 1 aliphatic rings. The van der Waals surface area contributed by atoms with E-state index in [1.807, 2.05) is 49.4 Å². The molecule has 0 saturated carbocycles. The Kier molecular flexibility index (Phi) is 6.31. The third-order valence-corrected chi connectivity index (χ3v) is 5.44. The van der Waals surface area contributed by atoms with Crippen LogP contribution < -0.4 is 4.74 Å². The zero-order valence-electron chi connectivity index (χ0n) is 18.0. The molecular formula is C26H24N2O4. The third-order valence-electron chi connectivity index (χ3n) is 5.44. The molecule has 0 aliphatic carbocycles. The largest absolute Gasteiger partial charge is 0.497 e. The van der Waals surface area contributed by atoms with Gasteiger partial charge in [-0.25, -0.2) is 0 Å². The summed E-state index contributed by atoms with van der Waals surface area (Å²) in [6, 6.07) is 22.4. The number of hydrogen-bond donors (Lipinski definition) is 0. The maximum absolute atomic E-state index is 13.3. The number of oxime groups is 1. The molecule has 0 aromatic heterocycles. The van der Waals surface area contributed by atoms with Crippen LogP contribution in [0.5, 0.6) is 5.75 Å². The summed E-state index contributed by atoms with van der Waals surface area (Å²) in [5, 5.41) is 4.05. The van der Waals surface area contributed by atoms with E-state index in [2.05, 4.69) is 5.16 Å². The van der Waals surface area contributed by atoms with Gasteiger partial charge in [0.1, 0.15) is 18.3 Å². The van der Waals surface area contributed by atoms with Crippen molar-refractivity contribution in [2.24, 2.45) is 5.16 Å². The first kappa shape index (κ1) is 21.3. The fourth-order valence-electron chi connectivity index (χ4n) is 3.62. The number of amides is 2. The van der Waals surface area contributed by atoms with Crippen LogP contribution in [0.4, 0.5) is 0 Å². The van der Waals surface area contributed by atoms with Crippen molar-refractivity contribution in [3.05, 3.63) is 101 Å². The topological polar surface area (TPSA) is 68.2 Å². The van der Waals surface area contributed by atoms with E-state index < -0.39 is 5.92 Å². The molecule has 0 spiro atoms. The molecule has 1 atom stereocenters. The third kappa shape index (κ3) is 4.54. The van der Waals surface area contributed by atoms with Crippen molar-refractivity contribution in [3.63, 3.8) is 0 Å². The first-order chi connectivity index (χ1) is 15.6. The molecule has 0 saturated heterocycles. The van der Waals surface area contributed by atoms with Crippen molar-refractivity contribution in [2.75, 3.05) is 7.11 Å². The van der Waals surface area contributed by atoms with E-state index in [0.29, 0.717) is 23.5 Å². The zero-order chi connectivity index (χ0) is 22.5. The highest BCUT2D eigenvalue weighted by Crippen LogP contribution is 2.29. The van der Waals surface area contributed by atoms with Gasteiger partial charge in [-0.05, 0) is 41.8 Å². The number of imide groups is 1. The van der Waals surface area contributed by atoms with E-state index in [4.69, 9.17) is 9.57 Å². The molecule has 1 aliphatic heterocycles. The molecule has 4 rings (SSSR count). The van der Waals surface area contributed by atoms with Crippen LogP contribution in [0.3, 0.4) is 0 Å². The molecular weight excluding hydrogens is 404 g/mol. The summed E-state index contributed by atoms with van der Waals surface area (Å²) in [5.74, 6) is -0.620. The summed E-state index contributed by atoms with van der Waals surface area (Å²) in [6.07, 6.45) is 1.48. The quantitative estimate of drug-likeness (QED) is 0.316. The smallest absolute Gasteiger partial charge is 0.261 e. The molecule has 0 fully saturated rings. The van der Waals surface area contributed by atoms with Gasteiger partial charge in [-0.1, -0.05) is 65.3 Å². The molecule has 0 radical (unpaired) electrons. The minimum atomic E-state index is -0.694. The van der Waals surface area contributed by atoms with Crippen LogP contribution in [0, 0.1) is 6.92 Å². The predicted molar refractivity (Wildman–Crippen MR) is 122 cm³/mol. The maximum atomic E-state index is 13.3. The van der Waals surface area contributed by atoms with E-state index in [-0.39, 0.29) is 18.4 Å². The lowest BCUT2D eigenvalue weighted by atomic mass is 9.89. The maximum Gasteiger partial charge on any atom is 0.261 e. The fraction of sp³-hybridized carbons (Fsp3) is 0.192. The molecule has 6 nitrogen and oxygen atoms in total. The standard InChI is InChI=1S/C26H24N2O4/c1-18-7-9-20(10-8-18)17-32-27-15-24-22-5-3-4-6-23(22)25(29)28(26(24)30)16-19-11-13-21(31-2)14-12-19/h3-15,24H,16-17H2,1-2H3/b27-15-. The van der Waals surface area contributed by atoms with Crippen molar-refractivity contribution in [1.82, 2.24) is 4.90 Å². The Balaban J connectivity index is 1.53. The summed E-state index contributed by atoms with van der Waals surface area (Å²) >= 11 is 0. The Morgan fingerprint density at radius 3 is 2.34 bits per heavy atom. The van der Waals surface area contributed by atoms with Crippen molar-refractivity contribution >= 4 is 18.0 Å². The Labute approximate surface area is 187 Å². The summed E-state index contributed by atoms with van der Waals surface area (Å²) in [7, 11) is 1.59. The lowest BCUT2D eigenvalue weighted by Gasteiger charge is -2.30. The number of aryl methyl sites for hydroxylation is 1. The van der Waals surface area contributed by atoms with E-state index in [9.17, 15) is 9.59 Å². The molecule has 6 heteroatoms. The number of ether oxygens (including phenoxy) is 1. The first-order valence-corrected chi connectivity index (χ1v) is 10.4. The van der Waals surface area contributed by atoms with Gasteiger partial charge in [0.25, 0.3) is 5.91 Å². The molecule has 2 amide bonds. The number of nitrogens with zero attached hydrogens (tertiary/aromatic N) is 2. The van der Waals surface area contributed by atoms with Crippen molar-refractivity contribution in [3.8, 4) is 5.75 Å². The van der Waals surface area contributed by atoms with Crippen LogP contribution >= 0.6 is 0 Å². The molecule has 32 heavy (non-hydrogen) atoms. The molecule has 3 aromatic rings. The van der Waals surface area contributed by atoms with Crippen LogP contribution in [0.15, 0.2) is 78.0 Å². The number of fused-ring (bicyclic) bond motifs is 1. The molecule has 1 unspecified atom stereocenters. The minimum Gasteiger partial charge on any atom is -0.497 e. The summed E-state index contributed by atoms with van der Waals surface area (Å²) in [5.41, 5.74) is 4.12. The van der Waals surface area contributed by atoms with Gasteiger partial charge >= 0.3 is 0 Å². The van der Waals surface area contributed by atoms with Crippen LogP contribution in [-0.2, 0) is 22.8 Å². The number of carbonyl (C=O) groups excluding carboxylic acids is 2. The lowest BCUT2D eigenvalue weighted by molar-refractivity contribution is -0.129. The Morgan fingerprint density at radius 2 is 1.62 bits per heavy atom. The SMILES string of the molecule is COc1ccc(CN2C(=O)c3ccccc3C(/C=N\OCc3ccc(C)cc3)C2=O)cc1. The summed E-state index contributed by atoms with van der Waals surface area (Å²) < 4.78 is 5.18. The minimum absolute atomic E-state index is 0.171. The van der Waals surface area contributed by atoms with Gasteiger partial charge in [-0.15, -0.1) is 0 Å². The number of hydrogen-bond acceptors (Lipinski definition) is 5. The van der Waals surface area contributed by atoms with Crippen LogP contribution in [-0.4, -0.2) is 30.0 Å². The van der Waals surface area contributed by atoms with Crippen LogP contribution in [0.2, 0.25) is 0 Å². The second-order valence-electron chi connectivity index (χ2n) is 7.66.